The zero-order valence-corrected chi connectivity index (χ0v) is 15.6. The highest BCUT2D eigenvalue weighted by atomic mass is 16.6. The quantitative estimate of drug-likeness (QED) is 0.584. The van der Waals surface area contributed by atoms with Crippen LogP contribution in [-0.4, -0.2) is 30.3 Å². The van der Waals surface area contributed by atoms with Gasteiger partial charge in [-0.2, -0.15) is 0 Å². The Balaban J connectivity index is 4.39. The molecule has 132 valence electrons. The second-order valence-electron chi connectivity index (χ2n) is 7.16. The number of unbranched alkanes of at least 4 members (excludes halogenated alkanes) is 1. The third kappa shape index (κ3) is 11.8. The fraction of sp³-hybridized carbons (Fsp3) is 0.944. The molecule has 22 heavy (non-hydrogen) atoms. The molecular weight excluding hydrogens is 276 g/mol. The Morgan fingerprint density at radius 1 is 0.955 bits per heavy atom. The summed E-state index contributed by atoms with van der Waals surface area (Å²) >= 11 is 0. The van der Waals surface area contributed by atoms with Crippen molar-refractivity contribution in [3.63, 3.8) is 0 Å². The number of carbonyl (C=O) groups is 1. The van der Waals surface area contributed by atoms with Crippen molar-refractivity contribution in [2.75, 3.05) is 6.54 Å². The van der Waals surface area contributed by atoms with Crippen molar-refractivity contribution in [3.8, 4) is 0 Å². The Morgan fingerprint density at radius 2 is 1.55 bits per heavy atom. The Morgan fingerprint density at radius 3 is 2.00 bits per heavy atom. The normalized spacial score (nSPS) is 13.2. The number of ether oxygens (including phenoxy) is 1. The van der Waals surface area contributed by atoms with Gasteiger partial charge in [0, 0.05) is 18.6 Å². The van der Waals surface area contributed by atoms with Crippen molar-refractivity contribution < 1.29 is 9.53 Å². The van der Waals surface area contributed by atoms with Crippen LogP contribution in [-0.2, 0) is 4.74 Å². The van der Waals surface area contributed by atoms with Crippen molar-refractivity contribution in [2.45, 2.75) is 104 Å². The van der Waals surface area contributed by atoms with E-state index in [4.69, 9.17) is 4.74 Å². The van der Waals surface area contributed by atoms with Crippen molar-refractivity contribution in [1.82, 2.24) is 10.6 Å². The molecule has 1 amide bonds. The first-order chi connectivity index (χ1) is 10.3. The average molecular weight is 315 g/mol. The van der Waals surface area contributed by atoms with Crippen LogP contribution in [0.15, 0.2) is 0 Å². The molecule has 1 unspecified atom stereocenters. The number of nitrogens with one attached hydrogen (secondary N) is 2. The molecule has 0 fully saturated rings. The highest BCUT2D eigenvalue weighted by Gasteiger charge is 2.18. The SMILES string of the molecule is CCCCC(CNC(=O)OC(C)(C)C)NC(CCC)CCC. The first kappa shape index (κ1) is 21.2. The number of amides is 1. The molecule has 4 nitrogen and oxygen atoms in total. The molecule has 0 aliphatic carbocycles. The van der Waals surface area contributed by atoms with Crippen LogP contribution in [0.5, 0.6) is 0 Å². The lowest BCUT2D eigenvalue weighted by Gasteiger charge is -2.27. The van der Waals surface area contributed by atoms with Gasteiger partial charge in [0.05, 0.1) is 0 Å². The Labute approximate surface area is 137 Å². The minimum atomic E-state index is -0.441. The smallest absolute Gasteiger partial charge is 0.407 e. The van der Waals surface area contributed by atoms with Gasteiger partial charge in [0.1, 0.15) is 5.60 Å². The first-order valence-electron chi connectivity index (χ1n) is 9.05. The fourth-order valence-electron chi connectivity index (χ4n) is 2.56. The summed E-state index contributed by atoms with van der Waals surface area (Å²) in [6.45, 7) is 13.0. The van der Waals surface area contributed by atoms with Gasteiger partial charge >= 0.3 is 6.09 Å². The monoisotopic (exact) mass is 314 g/mol. The molecule has 4 heteroatoms. The van der Waals surface area contributed by atoms with Gasteiger partial charge < -0.3 is 15.4 Å². The molecule has 0 saturated heterocycles. The lowest BCUT2D eigenvalue weighted by molar-refractivity contribution is 0.0520. The van der Waals surface area contributed by atoms with Gasteiger partial charge in [-0.25, -0.2) is 4.79 Å². The Kier molecular flexibility index (Phi) is 11.3. The van der Waals surface area contributed by atoms with Crippen LogP contribution < -0.4 is 10.6 Å². The van der Waals surface area contributed by atoms with Gasteiger partial charge in [0.2, 0.25) is 0 Å². The minimum absolute atomic E-state index is 0.321. The van der Waals surface area contributed by atoms with E-state index in [2.05, 4.69) is 31.4 Å². The second kappa shape index (κ2) is 11.8. The largest absolute Gasteiger partial charge is 0.444 e. The zero-order chi connectivity index (χ0) is 17.0. The number of hydrogen-bond acceptors (Lipinski definition) is 3. The maximum absolute atomic E-state index is 11.8. The average Bonchev–Trinajstić information content (AvgIpc) is 2.40. The van der Waals surface area contributed by atoms with E-state index in [9.17, 15) is 4.79 Å². The predicted molar refractivity (Wildman–Crippen MR) is 94.3 cm³/mol. The van der Waals surface area contributed by atoms with Crippen LogP contribution >= 0.6 is 0 Å². The second-order valence-corrected chi connectivity index (χ2v) is 7.16. The summed E-state index contributed by atoms with van der Waals surface area (Å²) in [7, 11) is 0. The van der Waals surface area contributed by atoms with E-state index in [1.165, 1.54) is 38.5 Å². The van der Waals surface area contributed by atoms with Crippen molar-refractivity contribution >= 4 is 6.09 Å². The van der Waals surface area contributed by atoms with Gasteiger partial charge in [-0.15, -0.1) is 0 Å². The maximum Gasteiger partial charge on any atom is 0.407 e. The highest BCUT2D eigenvalue weighted by Crippen LogP contribution is 2.10. The van der Waals surface area contributed by atoms with Crippen LogP contribution in [0.3, 0.4) is 0 Å². The van der Waals surface area contributed by atoms with Crippen molar-refractivity contribution in [1.29, 1.82) is 0 Å². The number of rotatable bonds is 11. The Hall–Kier alpha value is -0.770. The molecule has 0 aromatic heterocycles. The molecule has 1 atom stereocenters. The van der Waals surface area contributed by atoms with Gasteiger partial charge in [0.25, 0.3) is 0 Å². The predicted octanol–water partition coefficient (Wildman–Crippen LogP) is 4.63. The van der Waals surface area contributed by atoms with E-state index in [1.54, 1.807) is 0 Å². The molecule has 0 aromatic rings. The third-order valence-electron chi connectivity index (χ3n) is 3.54. The van der Waals surface area contributed by atoms with E-state index < -0.39 is 5.60 Å². The van der Waals surface area contributed by atoms with E-state index in [-0.39, 0.29) is 6.09 Å². The highest BCUT2D eigenvalue weighted by molar-refractivity contribution is 5.67. The van der Waals surface area contributed by atoms with Crippen LogP contribution in [0.25, 0.3) is 0 Å². The summed E-state index contributed by atoms with van der Waals surface area (Å²) in [4.78, 5) is 11.8. The van der Waals surface area contributed by atoms with Crippen LogP contribution in [0.2, 0.25) is 0 Å². The molecule has 0 heterocycles. The first-order valence-corrected chi connectivity index (χ1v) is 9.05. The van der Waals surface area contributed by atoms with Crippen LogP contribution in [0, 0.1) is 0 Å². The van der Waals surface area contributed by atoms with Gasteiger partial charge in [0.15, 0.2) is 0 Å². The molecule has 0 aliphatic heterocycles. The van der Waals surface area contributed by atoms with E-state index in [0.717, 1.165) is 6.42 Å². The summed E-state index contributed by atoms with van der Waals surface area (Å²) in [5, 5.41) is 6.65. The summed E-state index contributed by atoms with van der Waals surface area (Å²) in [5.74, 6) is 0. The zero-order valence-electron chi connectivity index (χ0n) is 15.6. The van der Waals surface area contributed by atoms with Gasteiger partial charge in [-0.3, -0.25) is 0 Å². The summed E-state index contributed by atoms with van der Waals surface area (Å²) in [6.07, 6.45) is 7.91. The minimum Gasteiger partial charge on any atom is -0.444 e. The molecule has 2 N–H and O–H groups in total. The molecule has 0 radical (unpaired) electrons. The summed E-state index contributed by atoms with van der Waals surface area (Å²) < 4.78 is 5.31. The van der Waals surface area contributed by atoms with Crippen molar-refractivity contribution in [2.24, 2.45) is 0 Å². The fourth-order valence-corrected chi connectivity index (χ4v) is 2.56. The van der Waals surface area contributed by atoms with Gasteiger partial charge in [-0.1, -0.05) is 46.5 Å². The number of alkyl carbamates (subject to hydrolysis) is 1. The molecule has 0 aliphatic rings. The molecule has 0 rings (SSSR count). The van der Waals surface area contributed by atoms with Crippen LogP contribution in [0.4, 0.5) is 4.79 Å². The van der Waals surface area contributed by atoms with E-state index in [1.807, 2.05) is 20.8 Å². The molecule has 0 spiro atoms. The maximum atomic E-state index is 11.8. The van der Waals surface area contributed by atoms with E-state index >= 15 is 0 Å². The van der Waals surface area contributed by atoms with Crippen LogP contribution in [0.1, 0.15) is 86.5 Å². The summed E-state index contributed by atoms with van der Waals surface area (Å²) in [6, 6.07) is 0.882. The number of hydrogen-bond donors (Lipinski definition) is 2. The molecule has 0 saturated carbocycles. The third-order valence-corrected chi connectivity index (χ3v) is 3.54. The summed E-state index contributed by atoms with van der Waals surface area (Å²) in [5.41, 5.74) is -0.441. The molecule has 0 bridgehead atoms. The molecule has 0 aromatic carbocycles. The topological polar surface area (TPSA) is 50.4 Å². The Bertz CT molecular complexity index is 281. The standard InChI is InChI=1S/C18H38N2O2/c1-7-10-13-16(20-15(11-8-2)12-9-3)14-19-17(21)22-18(4,5)6/h15-16,20H,7-14H2,1-6H3,(H,19,21). The molecular formula is C18H38N2O2. The number of carbonyl (C=O) groups excluding carboxylic acids is 1. The van der Waals surface area contributed by atoms with Gasteiger partial charge in [-0.05, 0) is 40.0 Å². The van der Waals surface area contributed by atoms with Crippen molar-refractivity contribution in [3.05, 3.63) is 0 Å². The lowest BCUT2D eigenvalue weighted by atomic mass is 10.0. The van der Waals surface area contributed by atoms with E-state index in [0.29, 0.717) is 18.6 Å². The lowest BCUT2D eigenvalue weighted by Crippen LogP contribution is -2.46.